The van der Waals surface area contributed by atoms with Gasteiger partial charge in [0.1, 0.15) is 0 Å². The Bertz CT molecular complexity index is 508. The molecule has 0 aliphatic carbocycles. The number of hydrogen-bond acceptors (Lipinski definition) is 0. The maximum atomic E-state index is 3.74. The molecule has 2 aromatic rings. The second-order valence-electron chi connectivity index (χ2n) is 4.64. The molecule has 0 saturated carbocycles. The Morgan fingerprint density at radius 3 is 2.19 bits per heavy atom. The van der Waals surface area contributed by atoms with Crippen molar-refractivity contribution in [2.45, 2.75) is 19.6 Å². The SMILES string of the molecule is C[Si](C)(C)c1cc(Br)c(-c2[se]ccc2Br)[se]1. The molecule has 2 aromatic heterocycles. The Hall–Kier alpha value is 1.18. The van der Waals surface area contributed by atoms with Gasteiger partial charge in [0, 0.05) is 0 Å². The fourth-order valence-corrected chi connectivity index (χ4v) is 12.0. The van der Waals surface area contributed by atoms with Crippen molar-refractivity contribution in [2.75, 3.05) is 0 Å². The Morgan fingerprint density at radius 2 is 1.75 bits per heavy atom. The van der Waals surface area contributed by atoms with Gasteiger partial charge in [-0.15, -0.1) is 0 Å². The molecule has 0 spiro atoms. The van der Waals surface area contributed by atoms with E-state index < -0.39 is 8.07 Å². The Labute approximate surface area is 126 Å². The fraction of sp³-hybridized carbons (Fsp3) is 0.273. The summed E-state index contributed by atoms with van der Waals surface area (Å²) < 4.78 is 7.47. The summed E-state index contributed by atoms with van der Waals surface area (Å²) in [6, 6.07) is 4.59. The summed E-state index contributed by atoms with van der Waals surface area (Å²) >= 11 is 8.48. The Balaban J connectivity index is 2.52. The van der Waals surface area contributed by atoms with Crippen LogP contribution in [-0.2, 0) is 0 Å². The van der Waals surface area contributed by atoms with E-state index >= 15 is 0 Å². The van der Waals surface area contributed by atoms with E-state index in [2.05, 4.69) is 68.6 Å². The second-order valence-corrected chi connectivity index (χ2v) is 16.3. The summed E-state index contributed by atoms with van der Waals surface area (Å²) in [4.78, 5) is 2.29. The van der Waals surface area contributed by atoms with Gasteiger partial charge in [-0.2, -0.15) is 0 Å². The van der Waals surface area contributed by atoms with E-state index in [1.165, 1.54) is 8.95 Å². The van der Waals surface area contributed by atoms with Gasteiger partial charge >= 0.3 is 128 Å². The first kappa shape index (κ1) is 13.6. The molecule has 0 aromatic carbocycles. The van der Waals surface area contributed by atoms with Gasteiger partial charge in [0.25, 0.3) is 0 Å². The molecule has 0 radical (unpaired) electrons. The summed E-state index contributed by atoms with van der Waals surface area (Å²) in [7, 11) is -1.11. The van der Waals surface area contributed by atoms with E-state index in [9.17, 15) is 0 Å². The Kier molecular flexibility index (Phi) is 4.29. The molecule has 0 nitrogen and oxygen atoms in total. The summed E-state index contributed by atoms with van der Waals surface area (Å²) in [5.41, 5.74) is 0. The van der Waals surface area contributed by atoms with Gasteiger partial charge in [0.05, 0.1) is 0 Å². The standard InChI is InChI=1S/C11H12Br2Se2Si/c1-16(2,3)9-6-8(13)11(15-9)10-7(12)4-5-14-10/h4-6H,1-3H3. The van der Waals surface area contributed by atoms with E-state index in [1.54, 1.807) is 12.9 Å². The maximum absolute atomic E-state index is 3.74. The summed E-state index contributed by atoms with van der Waals surface area (Å²) in [5.74, 6) is 0. The van der Waals surface area contributed by atoms with Crippen molar-refractivity contribution >= 4 is 73.0 Å². The van der Waals surface area contributed by atoms with Crippen LogP contribution in [0.2, 0.25) is 19.6 Å². The van der Waals surface area contributed by atoms with Crippen LogP contribution in [0, 0.1) is 0 Å². The number of hydrogen-bond donors (Lipinski definition) is 0. The van der Waals surface area contributed by atoms with E-state index in [0.717, 1.165) is 0 Å². The van der Waals surface area contributed by atoms with Crippen molar-refractivity contribution in [1.82, 2.24) is 0 Å². The molecule has 0 unspecified atom stereocenters. The molecule has 86 valence electrons. The first-order valence-electron chi connectivity index (χ1n) is 4.93. The molecule has 0 atom stereocenters. The molecule has 0 saturated heterocycles. The predicted molar refractivity (Wildman–Crippen MR) is 84.1 cm³/mol. The van der Waals surface area contributed by atoms with Gasteiger partial charge < -0.3 is 0 Å². The van der Waals surface area contributed by atoms with Crippen LogP contribution in [0.1, 0.15) is 0 Å². The molecule has 16 heavy (non-hydrogen) atoms. The zero-order chi connectivity index (χ0) is 11.9. The van der Waals surface area contributed by atoms with Gasteiger partial charge in [0.2, 0.25) is 0 Å². The molecule has 2 rings (SSSR count). The molecule has 2 heterocycles. The zero-order valence-electron chi connectivity index (χ0n) is 9.30. The van der Waals surface area contributed by atoms with E-state index in [0.29, 0.717) is 29.0 Å². The summed E-state index contributed by atoms with van der Waals surface area (Å²) in [6.45, 7) is 7.31. The minimum atomic E-state index is -1.11. The fourth-order valence-electron chi connectivity index (χ4n) is 1.35. The van der Waals surface area contributed by atoms with Gasteiger partial charge in [-0.05, 0) is 0 Å². The minimum absolute atomic E-state index is 0.525. The van der Waals surface area contributed by atoms with Gasteiger partial charge in [0.15, 0.2) is 0 Å². The van der Waals surface area contributed by atoms with E-state index in [4.69, 9.17) is 0 Å². The van der Waals surface area contributed by atoms with Crippen LogP contribution in [0.4, 0.5) is 0 Å². The number of rotatable bonds is 2. The Morgan fingerprint density at radius 1 is 1.06 bits per heavy atom. The topological polar surface area (TPSA) is 0 Å². The third kappa shape index (κ3) is 2.77. The van der Waals surface area contributed by atoms with Crippen LogP contribution < -0.4 is 4.06 Å². The van der Waals surface area contributed by atoms with Crippen LogP contribution in [0.3, 0.4) is 0 Å². The van der Waals surface area contributed by atoms with Gasteiger partial charge in [-0.1, -0.05) is 0 Å². The molecule has 0 amide bonds. The third-order valence-corrected chi connectivity index (χ3v) is 15.4. The van der Waals surface area contributed by atoms with Crippen LogP contribution in [0.5, 0.6) is 0 Å². The van der Waals surface area contributed by atoms with E-state index in [1.807, 2.05) is 0 Å². The molecular formula is C11H12Br2Se2Si. The third-order valence-electron chi connectivity index (χ3n) is 2.25. The van der Waals surface area contributed by atoms with Crippen LogP contribution >= 0.6 is 31.9 Å². The van der Waals surface area contributed by atoms with Crippen LogP contribution in [-0.4, -0.2) is 37.1 Å². The van der Waals surface area contributed by atoms with Gasteiger partial charge in [-0.3, -0.25) is 0 Å². The van der Waals surface area contributed by atoms with Crippen molar-refractivity contribution < 1.29 is 0 Å². The average Bonchev–Trinajstić information content (AvgIpc) is 2.70. The van der Waals surface area contributed by atoms with Crippen LogP contribution in [0.15, 0.2) is 26.0 Å². The van der Waals surface area contributed by atoms with Crippen LogP contribution in [0.25, 0.3) is 8.87 Å². The molecular weight excluding hydrogens is 478 g/mol. The monoisotopic (exact) mass is 490 g/mol. The van der Waals surface area contributed by atoms with Crippen molar-refractivity contribution in [3.05, 3.63) is 26.0 Å². The average molecular weight is 490 g/mol. The molecule has 0 aliphatic heterocycles. The normalized spacial score (nSPS) is 12.1. The predicted octanol–water partition coefficient (Wildman–Crippen LogP) is 3.54. The van der Waals surface area contributed by atoms with Crippen molar-refractivity contribution in [3.8, 4) is 8.87 Å². The van der Waals surface area contributed by atoms with Crippen molar-refractivity contribution in [3.63, 3.8) is 0 Å². The first-order valence-corrected chi connectivity index (χ1v) is 13.6. The molecule has 0 aliphatic rings. The molecule has 0 fully saturated rings. The van der Waals surface area contributed by atoms with Crippen molar-refractivity contribution in [2.24, 2.45) is 0 Å². The molecule has 0 bridgehead atoms. The summed E-state index contributed by atoms with van der Waals surface area (Å²) in [6.07, 6.45) is 0. The number of halogens is 2. The second kappa shape index (κ2) is 5.04. The quantitative estimate of drug-likeness (QED) is 0.566. The van der Waals surface area contributed by atoms with Crippen molar-refractivity contribution in [1.29, 1.82) is 0 Å². The summed E-state index contributed by atoms with van der Waals surface area (Å²) in [5, 5.41) is 0. The first-order chi connectivity index (χ1) is 7.39. The molecule has 5 heteroatoms. The molecule has 0 N–H and O–H groups in total. The zero-order valence-corrected chi connectivity index (χ0v) is 16.9. The van der Waals surface area contributed by atoms with Gasteiger partial charge in [-0.25, -0.2) is 0 Å². The van der Waals surface area contributed by atoms with E-state index in [-0.39, 0.29) is 0 Å².